The Morgan fingerprint density at radius 3 is 2.42 bits per heavy atom. The van der Waals surface area contributed by atoms with Gasteiger partial charge < -0.3 is 4.90 Å². The van der Waals surface area contributed by atoms with Crippen LogP contribution in [0.5, 0.6) is 0 Å². The topological polar surface area (TPSA) is 3.24 Å². The molecule has 0 aromatic heterocycles. The van der Waals surface area contributed by atoms with Crippen LogP contribution in [0.25, 0.3) is 10.8 Å². The first-order valence-corrected chi connectivity index (χ1v) is 6.71. The highest BCUT2D eigenvalue weighted by atomic mass is 15.1. The van der Waals surface area contributed by atoms with Crippen LogP contribution in [0.15, 0.2) is 66.7 Å². The first-order chi connectivity index (χ1) is 9.42. The van der Waals surface area contributed by atoms with Crippen molar-refractivity contribution in [3.05, 3.63) is 77.9 Å². The molecule has 0 aliphatic carbocycles. The van der Waals surface area contributed by atoms with E-state index in [0.717, 1.165) is 13.1 Å². The van der Waals surface area contributed by atoms with Gasteiger partial charge in [0.15, 0.2) is 0 Å². The lowest BCUT2D eigenvalue weighted by Crippen LogP contribution is -2.17. The van der Waals surface area contributed by atoms with Crippen molar-refractivity contribution >= 4 is 16.5 Å². The summed E-state index contributed by atoms with van der Waals surface area (Å²) in [5, 5.41) is 2.78. The van der Waals surface area contributed by atoms with Crippen LogP contribution < -0.4 is 4.90 Å². The zero-order valence-electron chi connectivity index (χ0n) is 10.7. The van der Waals surface area contributed by atoms with E-state index in [9.17, 15) is 0 Å². The number of rotatable bonds is 2. The Kier molecular flexibility index (Phi) is 2.31. The Bertz CT molecular complexity index is 726. The zero-order chi connectivity index (χ0) is 12.7. The highest BCUT2D eigenvalue weighted by Gasteiger charge is 2.20. The third-order valence-corrected chi connectivity index (χ3v) is 3.89. The van der Waals surface area contributed by atoms with E-state index in [1.807, 2.05) is 0 Å². The van der Waals surface area contributed by atoms with Crippen molar-refractivity contribution in [2.24, 2.45) is 0 Å². The quantitative estimate of drug-likeness (QED) is 0.648. The molecule has 0 atom stereocenters. The largest absolute Gasteiger partial charge is 0.362 e. The maximum Gasteiger partial charge on any atom is 0.0455 e. The third-order valence-electron chi connectivity index (χ3n) is 3.89. The molecule has 0 spiro atoms. The van der Waals surface area contributed by atoms with E-state index < -0.39 is 0 Å². The molecule has 19 heavy (non-hydrogen) atoms. The fraction of sp³-hybridized carbons (Fsp3) is 0.111. The molecule has 0 N–H and O–H groups in total. The molecule has 3 aromatic rings. The first kappa shape index (κ1) is 10.6. The molecule has 1 aliphatic rings. The molecule has 1 nitrogen and oxygen atoms in total. The van der Waals surface area contributed by atoms with Gasteiger partial charge in [0.25, 0.3) is 0 Å². The van der Waals surface area contributed by atoms with E-state index in [1.165, 1.54) is 27.6 Å². The smallest absolute Gasteiger partial charge is 0.0455 e. The van der Waals surface area contributed by atoms with Crippen LogP contribution in [0.4, 0.5) is 5.69 Å². The van der Waals surface area contributed by atoms with E-state index in [-0.39, 0.29) is 0 Å². The molecule has 0 saturated carbocycles. The number of hydrogen-bond donors (Lipinski definition) is 0. The van der Waals surface area contributed by atoms with Gasteiger partial charge in [-0.25, -0.2) is 0 Å². The van der Waals surface area contributed by atoms with Gasteiger partial charge in [0.05, 0.1) is 0 Å². The van der Waals surface area contributed by atoms with Gasteiger partial charge in [0.2, 0.25) is 0 Å². The normalized spacial score (nSPS) is 13.2. The van der Waals surface area contributed by atoms with Crippen molar-refractivity contribution in [3.63, 3.8) is 0 Å². The molecule has 3 aromatic carbocycles. The monoisotopic (exact) mass is 245 g/mol. The van der Waals surface area contributed by atoms with Gasteiger partial charge in [-0.1, -0.05) is 60.7 Å². The molecule has 1 aliphatic heterocycles. The summed E-state index contributed by atoms with van der Waals surface area (Å²) in [5.74, 6) is 0. The standard InChI is InChI=1S/C18H15N/c1-2-6-14(7-3-1)12-19-13-16-10-4-8-15-9-5-11-17(19)18(15)16/h1-11H,12-13H2. The Hall–Kier alpha value is -2.28. The van der Waals surface area contributed by atoms with E-state index >= 15 is 0 Å². The molecule has 0 fully saturated rings. The lowest BCUT2D eigenvalue weighted by Gasteiger charge is -2.19. The minimum atomic E-state index is 0.981. The predicted octanol–water partition coefficient (Wildman–Crippen LogP) is 4.36. The van der Waals surface area contributed by atoms with Crippen LogP contribution in [0.1, 0.15) is 11.1 Å². The second-order valence-corrected chi connectivity index (χ2v) is 5.13. The fourth-order valence-corrected chi connectivity index (χ4v) is 3.03. The fourth-order valence-electron chi connectivity index (χ4n) is 3.03. The maximum absolute atomic E-state index is 2.47. The SMILES string of the molecule is c1ccc(CN2Cc3cccc4cccc2c34)cc1. The highest BCUT2D eigenvalue weighted by molar-refractivity contribution is 5.99. The summed E-state index contributed by atoms with van der Waals surface area (Å²) in [7, 11) is 0. The van der Waals surface area contributed by atoms with E-state index in [4.69, 9.17) is 0 Å². The Labute approximate surface area is 113 Å². The average Bonchev–Trinajstić information content (AvgIpc) is 2.81. The Morgan fingerprint density at radius 2 is 1.58 bits per heavy atom. The third kappa shape index (κ3) is 1.70. The van der Waals surface area contributed by atoms with Gasteiger partial charge in [0, 0.05) is 24.2 Å². The maximum atomic E-state index is 2.47. The second kappa shape index (κ2) is 4.13. The summed E-state index contributed by atoms with van der Waals surface area (Å²) in [5.41, 5.74) is 4.19. The van der Waals surface area contributed by atoms with Gasteiger partial charge >= 0.3 is 0 Å². The van der Waals surface area contributed by atoms with Crippen molar-refractivity contribution < 1.29 is 0 Å². The summed E-state index contributed by atoms with van der Waals surface area (Å²) in [4.78, 5) is 2.47. The average molecular weight is 245 g/mol. The van der Waals surface area contributed by atoms with Gasteiger partial charge in [-0.15, -0.1) is 0 Å². The number of nitrogens with zero attached hydrogens (tertiary/aromatic N) is 1. The van der Waals surface area contributed by atoms with Gasteiger partial charge in [-0.05, 0) is 22.6 Å². The van der Waals surface area contributed by atoms with Crippen LogP contribution in [0.2, 0.25) is 0 Å². The molecular formula is C18H15N. The van der Waals surface area contributed by atoms with Crippen molar-refractivity contribution in [1.29, 1.82) is 0 Å². The zero-order valence-corrected chi connectivity index (χ0v) is 10.7. The van der Waals surface area contributed by atoms with Crippen molar-refractivity contribution in [2.75, 3.05) is 4.90 Å². The number of benzene rings is 3. The Morgan fingerprint density at radius 1 is 0.789 bits per heavy atom. The van der Waals surface area contributed by atoms with E-state index in [1.54, 1.807) is 0 Å². The summed E-state index contributed by atoms with van der Waals surface area (Å²) in [6.07, 6.45) is 0. The molecule has 0 saturated heterocycles. The Balaban J connectivity index is 1.77. The lowest BCUT2D eigenvalue weighted by atomic mass is 10.1. The molecule has 4 rings (SSSR count). The minimum absolute atomic E-state index is 0.981. The van der Waals surface area contributed by atoms with Crippen LogP contribution >= 0.6 is 0 Å². The van der Waals surface area contributed by atoms with Crippen LogP contribution in [-0.2, 0) is 13.1 Å². The molecule has 0 amide bonds. The summed E-state index contributed by atoms with van der Waals surface area (Å²) < 4.78 is 0. The predicted molar refractivity (Wildman–Crippen MR) is 80.3 cm³/mol. The van der Waals surface area contributed by atoms with Gasteiger partial charge in [-0.2, -0.15) is 0 Å². The number of anilines is 1. The van der Waals surface area contributed by atoms with Crippen molar-refractivity contribution in [3.8, 4) is 0 Å². The van der Waals surface area contributed by atoms with Crippen LogP contribution in [0.3, 0.4) is 0 Å². The van der Waals surface area contributed by atoms with E-state index in [2.05, 4.69) is 71.6 Å². The molecule has 1 heterocycles. The van der Waals surface area contributed by atoms with Crippen LogP contribution in [0, 0.1) is 0 Å². The number of hydrogen-bond acceptors (Lipinski definition) is 1. The molecule has 0 unspecified atom stereocenters. The van der Waals surface area contributed by atoms with Crippen molar-refractivity contribution in [1.82, 2.24) is 0 Å². The molecule has 92 valence electrons. The summed E-state index contributed by atoms with van der Waals surface area (Å²) in [6.45, 7) is 2.00. The van der Waals surface area contributed by atoms with Crippen LogP contribution in [-0.4, -0.2) is 0 Å². The second-order valence-electron chi connectivity index (χ2n) is 5.13. The summed E-state index contributed by atoms with van der Waals surface area (Å²) in [6, 6.07) is 23.9. The van der Waals surface area contributed by atoms with Gasteiger partial charge in [-0.3, -0.25) is 0 Å². The summed E-state index contributed by atoms with van der Waals surface area (Å²) >= 11 is 0. The molecule has 0 bridgehead atoms. The van der Waals surface area contributed by atoms with Gasteiger partial charge in [0.1, 0.15) is 0 Å². The van der Waals surface area contributed by atoms with E-state index in [0.29, 0.717) is 0 Å². The first-order valence-electron chi connectivity index (χ1n) is 6.71. The van der Waals surface area contributed by atoms with Crippen molar-refractivity contribution in [2.45, 2.75) is 13.1 Å². The molecule has 1 heteroatoms. The minimum Gasteiger partial charge on any atom is -0.362 e. The molecule has 0 radical (unpaired) electrons. The molecular weight excluding hydrogens is 230 g/mol. The lowest BCUT2D eigenvalue weighted by molar-refractivity contribution is 0.827. The highest BCUT2D eigenvalue weighted by Crippen LogP contribution is 2.37.